The van der Waals surface area contributed by atoms with Gasteiger partial charge in [-0.1, -0.05) is 47.0 Å². The highest BCUT2D eigenvalue weighted by Gasteiger charge is 2.14. The maximum atomic E-state index is 11.7. The Kier molecular flexibility index (Phi) is 5.85. The van der Waals surface area contributed by atoms with Crippen LogP contribution in [0.3, 0.4) is 0 Å². The van der Waals surface area contributed by atoms with Gasteiger partial charge in [-0.25, -0.2) is 0 Å². The molecule has 0 saturated carbocycles. The van der Waals surface area contributed by atoms with Crippen molar-refractivity contribution in [2.24, 2.45) is 0 Å². The first-order valence-corrected chi connectivity index (χ1v) is 6.77. The van der Waals surface area contributed by atoms with Crippen LogP contribution >= 0.6 is 15.9 Å². The second-order valence-electron chi connectivity index (χ2n) is 4.07. The zero-order chi connectivity index (χ0) is 13.5. The van der Waals surface area contributed by atoms with Crippen molar-refractivity contribution >= 4 is 27.7 Å². The van der Waals surface area contributed by atoms with Crippen LogP contribution in [-0.4, -0.2) is 16.6 Å². The molecule has 1 atom stereocenters. The Morgan fingerprint density at radius 1 is 1.22 bits per heavy atom. The average Bonchev–Trinajstić information content (AvgIpc) is 2.36. The maximum Gasteiger partial charge on any atom is 0.269 e. The zero-order valence-electron chi connectivity index (χ0n) is 10.5. The number of rotatable bonds is 4. The Labute approximate surface area is 115 Å². The highest BCUT2D eigenvalue weighted by atomic mass is 79.9. The van der Waals surface area contributed by atoms with E-state index in [4.69, 9.17) is 0 Å². The number of hydrogen-bond donors (Lipinski definition) is 2. The van der Waals surface area contributed by atoms with Crippen LogP contribution in [0.25, 0.3) is 0 Å². The van der Waals surface area contributed by atoms with E-state index in [0.29, 0.717) is 5.56 Å². The lowest BCUT2D eigenvalue weighted by Gasteiger charge is -2.10. The van der Waals surface area contributed by atoms with Crippen molar-refractivity contribution in [2.75, 3.05) is 0 Å². The van der Waals surface area contributed by atoms with Crippen LogP contribution in [0.15, 0.2) is 24.3 Å². The topological polar surface area (TPSA) is 58.2 Å². The van der Waals surface area contributed by atoms with Crippen molar-refractivity contribution in [3.63, 3.8) is 0 Å². The molecular weight excluding hydrogens is 296 g/mol. The van der Waals surface area contributed by atoms with Crippen LogP contribution < -0.4 is 10.9 Å². The largest absolute Gasteiger partial charge is 0.272 e. The highest BCUT2D eigenvalue weighted by molar-refractivity contribution is 9.10. The number of hydrazine groups is 1. The van der Waals surface area contributed by atoms with Crippen molar-refractivity contribution in [3.8, 4) is 0 Å². The standard InChI is InChI=1S/C13H17BrN2O2/c1-3-4-11(14)13(18)16-15-12(17)10-7-5-9(2)6-8-10/h5-8,11H,3-4H2,1-2H3,(H,15,17)(H,16,18). The summed E-state index contributed by atoms with van der Waals surface area (Å²) in [4.78, 5) is 23.0. The molecule has 2 N–H and O–H groups in total. The molecule has 2 amide bonds. The summed E-state index contributed by atoms with van der Waals surface area (Å²) in [6.45, 7) is 3.94. The van der Waals surface area contributed by atoms with Crippen LogP contribution in [0.5, 0.6) is 0 Å². The third-order valence-electron chi connectivity index (χ3n) is 2.44. The SMILES string of the molecule is CCCC(Br)C(=O)NNC(=O)c1ccc(C)cc1. The van der Waals surface area contributed by atoms with E-state index in [1.54, 1.807) is 12.1 Å². The van der Waals surface area contributed by atoms with Gasteiger partial charge in [-0.3, -0.25) is 20.4 Å². The summed E-state index contributed by atoms with van der Waals surface area (Å²) >= 11 is 3.26. The maximum absolute atomic E-state index is 11.7. The van der Waals surface area contributed by atoms with E-state index in [1.165, 1.54) is 0 Å². The van der Waals surface area contributed by atoms with E-state index in [0.717, 1.165) is 18.4 Å². The average molecular weight is 313 g/mol. The molecule has 4 nitrogen and oxygen atoms in total. The first-order chi connectivity index (χ1) is 8.54. The van der Waals surface area contributed by atoms with E-state index in [1.807, 2.05) is 26.0 Å². The predicted octanol–water partition coefficient (Wildman–Crippen LogP) is 2.32. The quantitative estimate of drug-likeness (QED) is 0.662. The smallest absolute Gasteiger partial charge is 0.269 e. The zero-order valence-corrected chi connectivity index (χ0v) is 12.1. The summed E-state index contributed by atoms with van der Waals surface area (Å²) in [6.07, 6.45) is 1.63. The van der Waals surface area contributed by atoms with Gasteiger partial charge < -0.3 is 0 Å². The van der Waals surface area contributed by atoms with Gasteiger partial charge in [-0.05, 0) is 25.5 Å². The number of aryl methyl sites for hydroxylation is 1. The molecule has 1 aromatic carbocycles. The number of nitrogens with one attached hydrogen (secondary N) is 2. The minimum absolute atomic E-state index is 0.239. The molecule has 0 fully saturated rings. The molecule has 1 aromatic rings. The molecule has 98 valence electrons. The lowest BCUT2D eigenvalue weighted by atomic mass is 10.1. The molecule has 0 spiro atoms. The third-order valence-corrected chi connectivity index (χ3v) is 3.31. The fourth-order valence-electron chi connectivity index (χ4n) is 1.36. The predicted molar refractivity (Wildman–Crippen MR) is 74.4 cm³/mol. The van der Waals surface area contributed by atoms with Crippen molar-refractivity contribution in [2.45, 2.75) is 31.5 Å². The van der Waals surface area contributed by atoms with Crippen LogP contribution in [-0.2, 0) is 4.79 Å². The summed E-state index contributed by atoms with van der Waals surface area (Å²) in [7, 11) is 0. The lowest BCUT2D eigenvalue weighted by Crippen LogP contribution is -2.44. The second-order valence-corrected chi connectivity index (χ2v) is 5.17. The Morgan fingerprint density at radius 3 is 2.39 bits per heavy atom. The Hall–Kier alpha value is -1.36. The third kappa shape index (κ3) is 4.49. The molecule has 0 aliphatic heterocycles. The van der Waals surface area contributed by atoms with Gasteiger partial charge in [0.1, 0.15) is 0 Å². The van der Waals surface area contributed by atoms with Gasteiger partial charge in [0.05, 0.1) is 4.83 Å². The summed E-state index contributed by atoms with van der Waals surface area (Å²) in [6, 6.07) is 7.13. The molecule has 1 unspecified atom stereocenters. The van der Waals surface area contributed by atoms with Gasteiger partial charge in [0.25, 0.3) is 11.8 Å². The highest BCUT2D eigenvalue weighted by Crippen LogP contribution is 2.07. The summed E-state index contributed by atoms with van der Waals surface area (Å²) in [5, 5.41) is 0. The molecule has 5 heteroatoms. The van der Waals surface area contributed by atoms with Gasteiger partial charge in [0.15, 0.2) is 0 Å². The normalized spacial score (nSPS) is 11.7. The first-order valence-electron chi connectivity index (χ1n) is 5.85. The van der Waals surface area contributed by atoms with Crippen LogP contribution in [0.1, 0.15) is 35.7 Å². The fourth-order valence-corrected chi connectivity index (χ4v) is 1.93. The second kappa shape index (κ2) is 7.16. The number of benzene rings is 1. The summed E-state index contributed by atoms with van der Waals surface area (Å²) in [5.41, 5.74) is 6.38. The van der Waals surface area contributed by atoms with Crippen molar-refractivity contribution < 1.29 is 9.59 Å². The number of carbonyl (C=O) groups is 2. The van der Waals surface area contributed by atoms with Gasteiger partial charge in [-0.2, -0.15) is 0 Å². The van der Waals surface area contributed by atoms with Crippen LogP contribution in [0.2, 0.25) is 0 Å². The molecule has 0 aliphatic rings. The monoisotopic (exact) mass is 312 g/mol. The fraction of sp³-hybridized carbons (Fsp3) is 0.385. The van der Waals surface area contributed by atoms with Crippen LogP contribution in [0, 0.1) is 6.92 Å². The van der Waals surface area contributed by atoms with E-state index in [-0.39, 0.29) is 16.6 Å². The van der Waals surface area contributed by atoms with E-state index >= 15 is 0 Å². The number of carbonyl (C=O) groups excluding carboxylic acids is 2. The number of halogens is 1. The number of alkyl halides is 1. The van der Waals surface area contributed by atoms with E-state index in [9.17, 15) is 9.59 Å². The van der Waals surface area contributed by atoms with Crippen molar-refractivity contribution in [1.29, 1.82) is 0 Å². The molecule has 0 aliphatic carbocycles. The molecule has 0 bridgehead atoms. The minimum atomic E-state index is -0.320. The van der Waals surface area contributed by atoms with Crippen molar-refractivity contribution in [1.82, 2.24) is 10.9 Å². The Bertz CT molecular complexity index is 418. The lowest BCUT2D eigenvalue weighted by molar-refractivity contribution is -0.121. The molecule has 1 rings (SSSR count). The van der Waals surface area contributed by atoms with Crippen molar-refractivity contribution in [3.05, 3.63) is 35.4 Å². The molecule has 0 heterocycles. The van der Waals surface area contributed by atoms with Gasteiger partial charge in [-0.15, -0.1) is 0 Å². The molecule has 0 radical (unpaired) electrons. The Balaban J connectivity index is 2.46. The van der Waals surface area contributed by atoms with Gasteiger partial charge in [0, 0.05) is 5.56 Å². The summed E-state index contributed by atoms with van der Waals surface area (Å²) in [5.74, 6) is -0.558. The molecule has 0 aromatic heterocycles. The molecule has 18 heavy (non-hydrogen) atoms. The minimum Gasteiger partial charge on any atom is -0.272 e. The number of amides is 2. The first kappa shape index (κ1) is 14.7. The Morgan fingerprint density at radius 2 is 1.83 bits per heavy atom. The van der Waals surface area contributed by atoms with Crippen LogP contribution in [0.4, 0.5) is 0 Å². The summed E-state index contributed by atoms with van der Waals surface area (Å²) < 4.78 is 0. The van der Waals surface area contributed by atoms with Gasteiger partial charge >= 0.3 is 0 Å². The van der Waals surface area contributed by atoms with E-state index < -0.39 is 0 Å². The molecule has 0 saturated heterocycles. The number of hydrogen-bond acceptors (Lipinski definition) is 2. The molecular formula is C13H17BrN2O2. The van der Waals surface area contributed by atoms with Gasteiger partial charge in [0.2, 0.25) is 0 Å². The van der Waals surface area contributed by atoms with E-state index in [2.05, 4.69) is 26.8 Å².